The standard InChI is InChI=1S/C15H22FNO/c1-14(2,3)11-8-7-10(9-12(11)16)17-13(18)15(4,5)6/h7-9H,1-6H3,(H,17,18). The molecule has 0 bridgehead atoms. The summed E-state index contributed by atoms with van der Waals surface area (Å²) in [5.41, 5.74) is 0.423. The highest BCUT2D eigenvalue weighted by molar-refractivity contribution is 5.94. The van der Waals surface area contributed by atoms with Gasteiger partial charge < -0.3 is 5.32 Å². The summed E-state index contributed by atoms with van der Waals surface area (Å²) in [6, 6.07) is 4.85. The maximum atomic E-state index is 13.9. The van der Waals surface area contributed by atoms with Crippen molar-refractivity contribution in [3.8, 4) is 0 Å². The molecule has 0 aliphatic heterocycles. The van der Waals surface area contributed by atoms with E-state index in [9.17, 15) is 9.18 Å². The molecule has 0 radical (unpaired) electrons. The fraction of sp³-hybridized carbons (Fsp3) is 0.533. The highest BCUT2D eigenvalue weighted by Gasteiger charge is 2.22. The number of benzene rings is 1. The fourth-order valence-electron chi connectivity index (χ4n) is 1.52. The Bertz CT molecular complexity index is 453. The van der Waals surface area contributed by atoms with Gasteiger partial charge in [0.1, 0.15) is 5.82 Å². The number of halogens is 1. The van der Waals surface area contributed by atoms with Crippen molar-refractivity contribution < 1.29 is 9.18 Å². The van der Waals surface area contributed by atoms with Crippen molar-refractivity contribution in [1.82, 2.24) is 0 Å². The number of rotatable bonds is 1. The Morgan fingerprint density at radius 2 is 1.67 bits per heavy atom. The van der Waals surface area contributed by atoms with Gasteiger partial charge in [-0.25, -0.2) is 4.39 Å². The molecule has 0 fully saturated rings. The molecule has 0 atom stereocenters. The van der Waals surface area contributed by atoms with Gasteiger partial charge in [0, 0.05) is 11.1 Å². The number of carbonyl (C=O) groups is 1. The van der Waals surface area contributed by atoms with Crippen molar-refractivity contribution in [3.63, 3.8) is 0 Å². The van der Waals surface area contributed by atoms with E-state index in [4.69, 9.17) is 0 Å². The van der Waals surface area contributed by atoms with Crippen LogP contribution in [-0.4, -0.2) is 5.91 Å². The summed E-state index contributed by atoms with van der Waals surface area (Å²) >= 11 is 0. The van der Waals surface area contributed by atoms with Crippen LogP contribution >= 0.6 is 0 Å². The molecule has 0 heterocycles. The predicted molar refractivity (Wildman–Crippen MR) is 73.2 cm³/mol. The molecule has 1 aromatic rings. The first-order valence-electron chi connectivity index (χ1n) is 6.13. The van der Waals surface area contributed by atoms with Crippen LogP contribution in [-0.2, 0) is 10.2 Å². The van der Waals surface area contributed by atoms with Crippen molar-refractivity contribution in [2.24, 2.45) is 5.41 Å². The van der Waals surface area contributed by atoms with Crippen molar-refractivity contribution in [1.29, 1.82) is 0 Å². The smallest absolute Gasteiger partial charge is 0.229 e. The van der Waals surface area contributed by atoms with Crippen molar-refractivity contribution in [3.05, 3.63) is 29.6 Å². The van der Waals surface area contributed by atoms with E-state index >= 15 is 0 Å². The number of amides is 1. The third kappa shape index (κ3) is 3.56. The minimum absolute atomic E-state index is 0.120. The molecular formula is C15H22FNO. The quantitative estimate of drug-likeness (QED) is 0.799. The average molecular weight is 251 g/mol. The van der Waals surface area contributed by atoms with Gasteiger partial charge >= 0.3 is 0 Å². The normalized spacial score (nSPS) is 12.4. The lowest BCUT2D eigenvalue weighted by Crippen LogP contribution is -2.27. The van der Waals surface area contributed by atoms with Crippen LogP contribution in [0, 0.1) is 11.2 Å². The average Bonchev–Trinajstić information content (AvgIpc) is 2.13. The number of hydrogen-bond donors (Lipinski definition) is 1. The second-order valence-corrected chi connectivity index (χ2v) is 6.65. The number of nitrogens with one attached hydrogen (secondary N) is 1. The summed E-state index contributed by atoms with van der Waals surface area (Å²) in [5.74, 6) is -0.403. The van der Waals surface area contributed by atoms with Crippen molar-refractivity contribution in [2.75, 3.05) is 5.32 Å². The number of anilines is 1. The maximum Gasteiger partial charge on any atom is 0.229 e. The SMILES string of the molecule is CC(C)(C)C(=O)Nc1ccc(C(C)(C)C)c(F)c1. The van der Waals surface area contributed by atoms with Gasteiger partial charge in [-0.1, -0.05) is 47.6 Å². The maximum absolute atomic E-state index is 13.9. The van der Waals surface area contributed by atoms with E-state index in [-0.39, 0.29) is 17.1 Å². The Kier molecular flexibility index (Phi) is 3.84. The first-order chi connectivity index (χ1) is 8.01. The highest BCUT2D eigenvalue weighted by Crippen LogP contribution is 2.27. The van der Waals surface area contributed by atoms with E-state index in [1.807, 2.05) is 41.5 Å². The second kappa shape index (κ2) is 4.71. The van der Waals surface area contributed by atoms with Gasteiger partial charge in [0.25, 0.3) is 0 Å². The molecule has 0 saturated carbocycles. The Balaban J connectivity index is 2.96. The molecule has 0 spiro atoms. The molecule has 1 aromatic carbocycles. The summed E-state index contributed by atoms with van der Waals surface area (Å²) in [4.78, 5) is 11.8. The highest BCUT2D eigenvalue weighted by atomic mass is 19.1. The van der Waals surface area contributed by atoms with Crippen molar-refractivity contribution in [2.45, 2.75) is 47.0 Å². The molecule has 0 aromatic heterocycles. The van der Waals surface area contributed by atoms with Gasteiger partial charge in [0.05, 0.1) is 0 Å². The number of hydrogen-bond acceptors (Lipinski definition) is 1. The minimum Gasteiger partial charge on any atom is -0.326 e. The van der Waals surface area contributed by atoms with Gasteiger partial charge in [-0.15, -0.1) is 0 Å². The van der Waals surface area contributed by atoms with Crippen LogP contribution in [0.15, 0.2) is 18.2 Å². The van der Waals surface area contributed by atoms with Crippen LogP contribution < -0.4 is 5.32 Å². The van der Waals surface area contributed by atoms with Crippen LogP contribution in [0.1, 0.15) is 47.1 Å². The van der Waals surface area contributed by atoms with E-state index in [1.54, 1.807) is 12.1 Å². The molecule has 2 nitrogen and oxygen atoms in total. The monoisotopic (exact) mass is 251 g/mol. The molecule has 0 aliphatic carbocycles. The Morgan fingerprint density at radius 3 is 2.06 bits per heavy atom. The van der Waals surface area contributed by atoms with Gasteiger partial charge in [-0.3, -0.25) is 4.79 Å². The van der Waals surface area contributed by atoms with Crippen LogP contribution in [0.5, 0.6) is 0 Å². The summed E-state index contributed by atoms with van der Waals surface area (Å²) in [5, 5.41) is 2.72. The molecule has 18 heavy (non-hydrogen) atoms. The Hall–Kier alpha value is -1.38. The van der Waals surface area contributed by atoms with E-state index in [0.717, 1.165) is 0 Å². The van der Waals surface area contributed by atoms with E-state index in [1.165, 1.54) is 6.07 Å². The zero-order chi connectivity index (χ0) is 14.1. The van der Waals surface area contributed by atoms with Gasteiger partial charge in [-0.2, -0.15) is 0 Å². The summed E-state index contributed by atoms with van der Waals surface area (Å²) in [6.07, 6.45) is 0. The second-order valence-electron chi connectivity index (χ2n) is 6.65. The minimum atomic E-state index is -0.487. The van der Waals surface area contributed by atoms with Crippen LogP contribution in [0.25, 0.3) is 0 Å². The number of carbonyl (C=O) groups excluding carboxylic acids is 1. The lowest BCUT2D eigenvalue weighted by atomic mass is 9.86. The first-order valence-corrected chi connectivity index (χ1v) is 6.13. The predicted octanol–water partition coefficient (Wildman–Crippen LogP) is 4.11. The van der Waals surface area contributed by atoms with E-state index in [2.05, 4.69) is 5.32 Å². The van der Waals surface area contributed by atoms with Crippen LogP contribution in [0.3, 0.4) is 0 Å². The van der Waals surface area contributed by atoms with Gasteiger partial charge in [0.2, 0.25) is 5.91 Å². The molecule has 1 N–H and O–H groups in total. The zero-order valence-electron chi connectivity index (χ0n) is 12.0. The van der Waals surface area contributed by atoms with Crippen LogP contribution in [0.4, 0.5) is 10.1 Å². The molecule has 0 aliphatic rings. The fourth-order valence-corrected chi connectivity index (χ4v) is 1.52. The summed E-state index contributed by atoms with van der Waals surface area (Å²) in [6.45, 7) is 11.3. The lowest BCUT2D eigenvalue weighted by Gasteiger charge is -2.21. The van der Waals surface area contributed by atoms with E-state index < -0.39 is 5.41 Å². The molecule has 0 unspecified atom stereocenters. The third-order valence-corrected chi connectivity index (χ3v) is 2.72. The van der Waals surface area contributed by atoms with Crippen molar-refractivity contribution >= 4 is 11.6 Å². The Labute approximate surface area is 109 Å². The largest absolute Gasteiger partial charge is 0.326 e. The molecule has 1 amide bonds. The van der Waals surface area contributed by atoms with E-state index in [0.29, 0.717) is 11.3 Å². The molecule has 100 valence electrons. The molecular weight excluding hydrogens is 229 g/mol. The Morgan fingerprint density at radius 1 is 1.11 bits per heavy atom. The topological polar surface area (TPSA) is 29.1 Å². The lowest BCUT2D eigenvalue weighted by molar-refractivity contribution is -0.123. The zero-order valence-corrected chi connectivity index (χ0v) is 12.0. The first kappa shape index (κ1) is 14.7. The van der Waals surface area contributed by atoms with Crippen LogP contribution in [0.2, 0.25) is 0 Å². The molecule has 0 saturated heterocycles. The summed E-state index contributed by atoms with van der Waals surface area (Å²) in [7, 11) is 0. The van der Waals surface area contributed by atoms with Gasteiger partial charge in [0.15, 0.2) is 0 Å². The summed E-state index contributed by atoms with van der Waals surface area (Å²) < 4.78 is 13.9. The van der Waals surface area contributed by atoms with Gasteiger partial charge in [-0.05, 0) is 23.1 Å². The third-order valence-electron chi connectivity index (χ3n) is 2.72. The molecule has 1 rings (SSSR count). The molecule has 3 heteroatoms.